The first-order chi connectivity index (χ1) is 9.12. The number of hydrogen-bond acceptors (Lipinski definition) is 3. The Bertz CT molecular complexity index is 396. The molecule has 1 aromatic heterocycles. The van der Waals surface area contributed by atoms with Crippen LogP contribution in [0.2, 0.25) is 0 Å². The summed E-state index contributed by atoms with van der Waals surface area (Å²) in [7, 11) is 1.54. The maximum absolute atomic E-state index is 12.1. The molecule has 0 radical (unpaired) electrons. The van der Waals surface area contributed by atoms with Crippen LogP contribution >= 0.6 is 0 Å². The fourth-order valence-corrected chi connectivity index (χ4v) is 1.70. The summed E-state index contributed by atoms with van der Waals surface area (Å²) in [6, 6.07) is 0. The van der Waals surface area contributed by atoms with Gasteiger partial charge in [-0.25, -0.2) is 8.78 Å². The van der Waals surface area contributed by atoms with Gasteiger partial charge in [-0.2, -0.15) is 0 Å². The largest absolute Gasteiger partial charge is 0.361 e. The minimum absolute atomic E-state index is 0.339. The van der Waals surface area contributed by atoms with E-state index in [9.17, 15) is 8.78 Å². The summed E-state index contributed by atoms with van der Waals surface area (Å²) >= 11 is 0. The average molecular weight is 274 g/mol. The molecule has 0 saturated carbocycles. The van der Waals surface area contributed by atoms with Crippen LogP contribution in [0, 0.1) is 0 Å². The van der Waals surface area contributed by atoms with Crippen LogP contribution in [0.15, 0.2) is 9.52 Å². The first-order valence-electron chi connectivity index (χ1n) is 6.31. The van der Waals surface area contributed by atoms with Crippen molar-refractivity contribution in [1.82, 2.24) is 15.8 Å². The number of hydrogen-bond donors (Lipinski definition) is 2. The zero-order valence-electron chi connectivity index (χ0n) is 11.5. The van der Waals surface area contributed by atoms with E-state index >= 15 is 0 Å². The molecule has 0 atom stereocenters. The van der Waals surface area contributed by atoms with Crippen molar-refractivity contribution in [2.75, 3.05) is 13.6 Å². The van der Waals surface area contributed by atoms with Crippen LogP contribution in [-0.4, -0.2) is 31.1 Å². The van der Waals surface area contributed by atoms with Crippen molar-refractivity contribution in [3.63, 3.8) is 0 Å². The number of aromatic nitrogens is 1. The van der Waals surface area contributed by atoms with Gasteiger partial charge in [-0.3, -0.25) is 4.99 Å². The fourth-order valence-electron chi connectivity index (χ4n) is 1.70. The molecule has 1 aromatic rings. The van der Waals surface area contributed by atoms with Crippen molar-refractivity contribution in [3.8, 4) is 0 Å². The first-order valence-corrected chi connectivity index (χ1v) is 6.31. The molecular weight excluding hydrogens is 254 g/mol. The summed E-state index contributed by atoms with van der Waals surface area (Å²) < 4.78 is 29.5. The third-order valence-corrected chi connectivity index (χ3v) is 2.69. The molecule has 0 bridgehead atoms. The van der Waals surface area contributed by atoms with Gasteiger partial charge in [0.1, 0.15) is 5.76 Å². The van der Waals surface area contributed by atoms with Crippen molar-refractivity contribution in [2.24, 2.45) is 4.99 Å². The molecule has 0 aliphatic carbocycles. The number of nitrogens with one attached hydrogen (secondary N) is 2. The highest BCUT2D eigenvalue weighted by Crippen LogP contribution is 2.15. The first kappa shape index (κ1) is 15.4. The molecule has 1 rings (SSSR count). The molecule has 2 N–H and O–H groups in total. The second-order valence-corrected chi connectivity index (χ2v) is 3.94. The SMILES string of the molecule is CCc1noc(CC)c1CNC(=NC)NCC(F)F. The van der Waals surface area contributed by atoms with Crippen LogP contribution in [0.5, 0.6) is 0 Å². The van der Waals surface area contributed by atoms with Gasteiger partial charge >= 0.3 is 0 Å². The molecular formula is C12H20F2N4O. The average Bonchev–Trinajstić information content (AvgIpc) is 2.80. The summed E-state index contributed by atoms with van der Waals surface area (Å²) in [5.74, 6) is 1.15. The van der Waals surface area contributed by atoms with Crippen LogP contribution in [-0.2, 0) is 19.4 Å². The van der Waals surface area contributed by atoms with E-state index < -0.39 is 13.0 Å². The summed E-state index contributed by atoms with van der Waals surface area (Å²) in [4.78, 5) is 3.88. The zero-order valence-corrected chi connectivity index (χ0v) is 11.5. The highest BCUT2D eigenvalue weighted by atomic mass is 19.3. The minimum Gasteiger partial charge on any atom is -0.361 e. The molecule has 108 valence electrons. The van der Waals surface area contributed by atoms with E-state index in [1.807, 2.05) is 13.8 Å². The van der Waals surface area contributed by atoms with Gasteiger partial charge in [0, 0.05) is 25.6 Å². The Balaban J connectivity index is 2.62. The minimum atomic E-state index is -2.41. The topological polar surface area (TPSA) is 62.5 Å². The molecule has 0 saturated heterocycles. The van der Waals surface area contributed by atoms with E-state index in [4.69, 9.17) is 4.52 Å². The molecule has 0 aliphatic rings. The molecule has 0 amide bonds. The second kappa shape index (κ2) is 7.70. The predicted octanol–water partition coefficient (Wildman–Crippen LogP) is 1.73. The van der Waals surface area contributed by atoms with E-state index in [-0.39, 0.29) is 0 Å². The van der Waals surface area contributed by atoms with Gasteiger partial charge in [-0.1, -0.05) is 19.0 Å². The standard InChI is InChI=1S/C12H20F2N4O/c1-4-9-8(10(5-2)19-18-9)6-16-12(15-3)17-7-11(13)14/h11H,4-7H2,1-3H3,(H2,15,16,17). The van der Waals surface area contributed by atoms with E-state index in [1.165, 1.54) is 7.05 Å². The molecule has 5 nitrogen and oxygen atoms in total. The highest BCUT2D eigenvalue weighted by Gasteiger charge is 2.13. The zero-order chi connectivity index (χ0) is 14.3. The third-order valence-electron chi connectivity index (χ3n) is 2.69. The predicted molar refractivity (Wildman–Crippen MR) is 69.5 cm³/mol. The lowest BCUT2D eigenvalue weighted by molar-refractivity contribution is 0.152. The monoisotopic (exact) mass is 274 g/mol. The second-order valence-electron chi connectivity index (χ2n) is 3.94. The Morgan fingerprint density at radius 3 is 2.58 bits per heavy atom. The fraction of sp³-hybridized carbons (Fsp3) is 0.667. The van der Waals surface area contributed by atoms with Gasteiger partial charge in [0.05, 0.1) is 12.2 Å². The molecule has 0 unspecified atom stereocenters. The lowest BCUT2D eigenvalue weighted by atomic mass is 10.1. The van der Waals surface area contributed by atoms with Gasteiger partial charge < -0.3 is 15.2 Å². The molecule has 0 fully saturated rings. The number of aryl methyl sites for hydroxylation is 2. The lowest BCUT2D eigenvalue weighted by Crippen LogP contribution is -2.39. The third kappa shape index (κ3) is 4.50. The maximum Gasteiger partial charge on any atom is 0.255 e. The number of guanidine groups is 1. The Morgan fingerprint density at radius 1 is 1.32 bits per heavy atom. The van der Waals surface area contributed by atoms with E-state index in [1.54, 1.807) is 0 Å². The van der Waals surface area contributed by atoms with Crippen molar-refractivity contribution >= 4 is 5.96 Å². The number of rotatable bonds is 6. The highest BCUT2D eigenvalue weighted by molar-refractivity contribution is 5.79. The van der Waals surface area contributed by atoms with Crippen molar-refractivity contribution < 1.29 is 13.3 Å². The number of alkyl halides is 2. The van der Waals surface area contributed by atoms with Gasteiger partial charge in [-0.05, 0) is 6.42 Å². The number of halogens is 2. The molecule has 19 heavy (non-hydrogen) atoms. The van der Waals surface area contributed by atoms with Gasteiger partial charge in [-0.15, -0.1) is 0 Å². The molecule has 0 aliphatic heterocycles. The van der Waals surface area contributed by atoms with E-state index in [2.05, 4.69) is 20.8 Å². The summed E-state index contributed by atoms with van der Waals surface area (Å²) in [5, 5.41) is 9.51. The molecule has 7 heteroatoms. The summed E-state index contributed by atoms with van der Waals surface area (Å²) in [5.41, 5.74) is 1.86. The Morgan fingerprint density at radius 2 is 2.05 bits per heavy atom. The van der Waals surface area contributed by atoms with Gasteiger partial charge in [0.15, 0.2) is 5.96 Å². The summed E-state index contributed by atoms with van der Waals surface area (Å²) in [6.07, 6.45) is -0.900. The summed E-state index contributed by atoms with van der Waals surface area (Å²) in [6.45, 7) is 4.00. The molecule has 1 heterocycles. The van der Waals surface area contributed by atoms with Crippen LogP contribution in [0.1, 0.15) is 30.9 Å². The Kier molecular flexibility index (Phi) is 6.24. The number of aliphatic imine (C=N–C) groups is 1. The van der Waals surface area contributed by atoms with Gasteiger partial charge in [0.25, 0.3) is 6.43 Å². The van der Waals surface area contributed by atoms with Crippen LogP contribution in [0.3, 0.4) is 0 Å². The quantitative estimate of drug-likeness (QED) is 0.612. The van der Waals surface area contributed by atoms with Gasteiger partial charge in [0.2, 0.25) is 0 Å². The van der Waals surface area contributed by atoms with E-state index in [0.717, 1.165) is 29.9 Å². The number of nitrogens with zero attached hydrogens (tertiary/aromatic N) is 2. The Hall–Kier alpha value is -1.66. The van der Waals surface area contributed by atoms with Crippen molar-refractivity contribution in [2.45, 2.75) is 39.7 Å². The van der Waals surface area contributed by atoms with Crippen molar-refractivity contribution in [1.29, 1.82) is 0 Å². The lowest BCUT2D eigenvalue weighted by Gasteiger charge is -2.11. The van der Waals surface area contributed by atoms with E-state index in [0.29, 0.717) is 12.5 Å². The smallest absolute Gasteiger partial charge is 0.255 e. The molecule has 0 aromatic carbocycles. The van der Waals surface area contributed by atoms with Crippen LogP contribution in [0.25, 0.3) is 0 Å². The van der Waals surface area contributed by atoms with Crippen LogP contribution < -0.4 is 10.6 Å². The van der Waals surface area contributed by atoms with Crippen LogP contribution in [0.4, 0.5) is 8.78 Å². The Labute approximate surface area is 111 Å². The normalized spacial score (nSPS) is 12.0. The van der Waals surface area contributed by atoms with Crippen molar-refractivity contribution in [3.05, 3.63) is 17.0 Å². The molecule has 0 spiro atoms. The maximum atomic E-state index is 12.1.